The quantitative estimate of drug-likeness (QED) is 0.848. The van der Waals surface area contributed by atoms with E-state index in [1.165, 1.54) is 11.3 Å². The summed E-state index contributed by atoms with van der Waals surface area (Å²) in [7, 11) is -3.48. The lowest BCUT2D eigenvalue weighted by Gasteiger charge is -2.29. The molecular formula is C13H24N2O2S2. The SMILES string of the molecule is Cc1csc(CN)c1S(=O)(=O)NCC(C)(C)C(C)C. The Morgan fingerprint density at radius 2 is 2.00 bits per heavy atom. The molecule has 0 aliphatic rings. The topological polar surface area (TPSA) is 72.2 Å². The molecule has 19 heavy (non-hydrogen) atoms. The normalized spacial score (nSPS) is 13.2. The van der Waals surface area contributed by atoms with Gasteiger partial charge in [0.05, 0.1) is 0 Å². The summed E-state index contributed by atoms with van der Waals surface area (Å²) in [6, 6.07) is 0. The van der Waals surface area contributed by atoms with Crippen molar-refractivity contribution in [1.29, 1.82) is 0 Å². The summed E-state index contributed by atoms with van der Waals surface area (Å²) in [5, 5.41) is 1.84. The van der Waals surface area contributed by atoms with Gasteiger partial charge in [-0.15, -0.1) is 11.3 Å². The van der Waals surface area contributed by atoms with Gasteiger partial charge < -0.3 is 5.73 Å². The Labute approximate surface area is 120 Å². The summed E-state index contributed by atoms with van der Waals surface area (Å²) in [5.74, 6) is 0.396. The first-order valence-electron chi connectivity index (χ1n) is 6.38. The van der Waals surface area contributed by atoms with E-state index >= 15 is 0 Å². The fraction of sp³-hybridized carbons (Fsp3) is 0.692. The molecule has 0 bridgehead atoms. The van der Waals surface area contributed by atoms with Crippen molar-refractivity contribution < 1.29 is 8.42 Å². The molecule has 1 heterocycles. The van der Waals surface area contributed by atoms with Crippen LogP contribution in [0, 0.1) is 18.3 Å². The van der Waals surface area contributed by atoms with Crippen LogP contribution in [0.5, 0.6) is 0 Å². The lowest BCUT2D eigenvalue weighted by Crippen LogP contribution is -2.37. The fourth-order valence-electron chi connectivity index (χ4n) is 1.55. The van der Waals surface area contributed by atoms with Gasteiger partial charge in [-0.1, -0.05) is 27.7 Å². The highest BCUT2D eigenvalue weighted by Gasteiger charge is 2.27. The molecule has 1 rings (SSSR count). The van der Waals surface area contributed by atoms with Gasteiger partial charge in [0.15, 0.2) is 0 Å². The van der Waals surface area contributed by atoms with Crippen LogP contribution in [0.3, 0.4) is 0 Å². The molecule has 6 heteroatoms. The van der Waals surface area contributed by atoms with E-state index in [9.17, 15) is 8.42 Å². The van der Waals surface area contributed by atoms with Gasteiger partial charge in [-0.3, -0.25) is 0 Å². The van der Waals surface area contributed by atoms with Crippen LogP contribution in [0.25, 0.3) is 0 Å². The smallest absolute Gasteiger partial charge is 0.242 e. The fourth-order valence-corrected chi connectivity index (χ4v) is 4.47. The van der Waals surface area contributed by atoms with Crippen molar-refractivity contribution >= 4 is 21.4 Å². The van der Waals surface area contributed by atoms with Crippen LogP contribution in [0.15, 0.2) is 10.3 Å². The molecule has 0 unspecified atom stereocenters. The second kappa shape index (κ2) is 5.91. The Bertz CT molecular complexity index is 531. The van der Waals surface area contributed by atoms with Crippen LogP contribution in [-0.2, 0) is 16.6 Å². The minimum atomic E-state index is -3.48. The van der Waals surface area contributed by atoms with Gasteiger partial charge in [0.1, 0.15) is 4.90 Å². The van der Waals surface area contributed by atoms with Crippen LogP contribution in [-0.4, -0.2) is 15.0 Å². The monoisotopic (exact) mass is 304 g/mol. The van der Waals surface area contributed by atoms with E-state index in [0.717, 1.165) is 5.56 Å². The zero-order valence-corrected chi connectivity index (χ0v) is 13.9. The van der Waals surface area contributed by atoms with Crippen molar-refractivity contribution in [3.8, 4) is 0 Å². The molecule has 0 amide bonds. The zero-order chi connectivity index (χ0) is 14.8. The molecule has 1 aromatic heterocycles. The van der Waals surface area contributed by atoms with Crippen molar-refractivity contribution in [3.63, 3.8) is 0 Å². The molecule has 3 N–H and O–H groups in total. The summed E-state index contributed by atoms with van der Waals surface area (Å²) in [6.45, 7) is 10.8. The predicted molar refractivity (Wildman–Crippen MR) is 80.8 cm³/mol. The third-order valence-electron chi connectivity index (χ3n) is 3.72. The summed E-state index contributed by atoms with van der Waals surface area (Å²) in [5.41, 5.74) is 6.29. The molecule has 1 aromatic rings. The Kier molecular flexibility index (Phi) is 5.17. The van der Waals surface area contributed by atoms with E-state index in [4.69, 9.17) is 5.73 Å². The van der Waals surface area contributed by atoms with Crippen molar-refractivity contribution in [2.24, 2.45) is 17.1 Å². The highest BCUT2D eigenvalue weighted by Crippen LogP contribution is 2.28. The number of aryl methyl sites for hydroxylation is 1. The maximum absolute atomic E-state index is 12.4. The van der Waals surface area contributed by atoms with E-state index < -0.39 is 10.0 Å². The maximum atomic E-state index is 12.4. The van der Waals surface area contributed by atoms with Crippen LogP contribution in [0.2, 0.25) is 0 Å². The van der Waals surface area contributed by atoms with Crippen molar-refractivity contribution in [2.75, 3.05) is 6.54 Å². The zero-order valence-electron chi connectivity index (χ0n) is 12.3. The van der Waals surface area contributed by atoms with Gasteiger partial charge in [-0.05, 0) is 29.2 Å². The molecule has 0 saturated carbocycles. The molecule has 0 aromatic carbocycles. The predicted octanol–water partition coefficient (Wildman–Crippen LogP) is 2.48. The average molecular weight is 304 g/mol. The van der Waals surface area contributed by atoms with E-state index in [2.05, 4.69) is 32.4 Å². The van der Waals surface area contributed by atoms with Gasteiger partial charge in [-0.2, -0.15) is 0 Å². The molecule has 0 aliphatic heterocycles. The highest BCUT2D eigenvalue weighted by molar-refractivity contribution is 7.89. The molecule has 4 nitrogen and oxygen atoms in total. The molecule has 0 aliphatic carbocycles. The second-order valence-corrected chi connectivity index (χ2v) is 8.51. The molecule has 0 radical (unpaired) electrons. The minimum absolute atomic E-state index is 0.0835. The Balaban J connectivity index is 2.97. The molecule has 0 spiro atoms. The number of nitrogens with one attached hydrogen (secondary N) is 1. The molecule has 110 valence electrons. The number of nitrogens with two attached hydrogens (primary N) is 1. The van der Waals surface area contributed by atoms with Gasteiger partial charge in [0, 0.05) is 18.0 Å². The maximum Gasteiger partial charge on any atom is 0.242 e. The highest BCUT2D eigenvalue weighted by atomic mass is 32.2. The Morgan fingerprint density at radius 3 is 2.47 bits per heavy atom. The third-order valence-corrected chi connectivity index (χ3v) is 6.61. The van der Waals surface area contributed by atoms with Gasteiger partial charge in [0.25, 0.3) is 0 Å². The summed E-state index contributed by atoms with van der Waals surface area (Å²) < 4.78 is 27.5. The largest absolute Gasteiger partial charge is 0.326 e. The first-order valence-corrected chi connectivity index (χ1v) is 8.75. The lowest BCUT2D eigenvalue weighted by atomic mass is 9.81. The van der Waals surface area contributed by atoms with Crippen molar-refractivity contribution in [3.05, 3.63) is 15.8 Å². The van der Waals surface area contributed by atoms with Crippen LogP contribution in [0.4, 0.5) is 0 Å². The van der Waals surface area contributed by atoms with Crippen LogP contribution < -0.4 is 10.5 Å². The van der Waals surface area contributed by atoms with E-state index in [-0.39, 0.29) is 12.0 Å². The standard InChI is InChI=1S/C13H24N2O2S2/c1-9(2)13(4,5)8-15-19(16,17)12-10(3)7-18-11(12)6-14/h7,9,15H,6,8,14H2,1-5H3. The number of hydrogen-bond donors (Lipinski definition) is 2. The number of rotatable bonds is 6. The molecule has 0 atom stereocenters. The molecule has 0 fully saturated rings. The Morgan fingerprint density at radius 1 is 1.42 bits per heavy atom. The van der Waals surface area contributed by atoms with Crippen LogP contribution in [0.1, 0.15) is 38.1 Å². The van der Waals surface area contributed by atoms with Gasteiger partial charge in [0.2, 0.25) is 10.0 Å². The van der Waals surface area contributed by atoms with Gasteiger partial charge in [-0.25, -0.2) is 13.1 Å². The number of thiophene rings is 1. The minimum Gasteiger partial charge on any atom is -0.326 e. The first-order chi connectivity index (χ1) is 8.62. The van der Waals surface area contributed by atoms with E-state index in [1.807, 2.05) is 5.38 Å². The van der Waals surface area contributed by atoms with Crippen molar-refractivity contribution in [1.82, 2.24) is 4.72 Å². The third kappa shape index (κ3) is 3.78. The first kappa shape index (κ1) is 16.6. The van der Waals surface area contributed by atoms with E-state index in [1.54, 1.807) is 6.92 Å². The lowest BCUT2D eigenvalue weighted by molar-refractivity contribution is 0.252. The number of hydrogen-bond acceptors (Lipinski definition) is 4. The average Bonchev–Trinajstić information content (AvgIpc) is 2.68. The summed E-state index contributed by atoms with van der Waals surface area (Å²) in [4.78, 5) is 1.08. The Hall–Kier alpha value is -0.430. The van der Waals surface area contributed by atoms with Gasteiger partial charge >= 0.3 is 0 Å². The van der Waals surface area contributed by atoms with Crippen LogP contribution >= 0.6 is 11.3 Å². The van der Waals surface area contributed by atoms with Crippen molar-refractivity contribution in [2.45, 2.75) is 46.1 Å². The summed E-state index contributed by atoms with van der Waals surface area (Å²) in [6.07, 6.45) is 0. The second-order valence-electron chi connectivity index (χ2n) is 5.84. The number of sulfonamides is 1. The van der Waals surface area contributed by atoms with E-state index in [0.29, 0.717) is 22.2 Å². The summed E-state index contributed by atoms with van der Waals surface area (Å²) >= 11 is 1.40. The molecular weight excluding hydrogens is 280 g/mol. The molecule has 0 saturated heterocycles.